The van der Waals surface area contributed by atoms with Gasteiger partial charge in [-0.25, -0.2) is 4.79 Å². The second kappa shape index (κ2) is 7.61. The number of hydrogen-bond acceptors (Lipinski definition) is 3. The number of benzene rings is 1. The number of nitrogens with zero attached hydrogens (tertiary/aromatic N) is 1. The topological polar surface area (TPSA) is 38.7 Å². The maximum Gasteiger partial charge on any atom is 0.340 e. The van der Waals surface area contributed by atoms with Crippen LogP contribution >= 0.6 is 0 Å². The van der Waals surface area contributed by atoms with E-state index in [2.05, 4.69) is 31.0 Å². The first-order valence-electron chi connectivity index (χ1n) is 8.98. The average molecular weight is 323 g/mol. The lowest BCUT2D eigenvalue weighted by Crippen LogP contribution is -2.15. The first-order chi connectivity index (χ1) is 11.7. The van der Waals surface area contributed by atoms with Crippen LogP contribution in [0.2, 0.25) is 0 Å². The summed E-state index contributed by atoms with van der Waals surface area (Å²) in [5.74, 6) is 0.545. The van der Waals surface area contributed by atoms with E-state index in [1.165, 1.54) is 31.2 Å². The largest absolute Gasteiger partial charge is 0.423 e. The third-order valence-corrected chi connectivity index (χ3v) is 4.74. The Labute approximate surface area is 144 Å². The van der Waals surface area contributed by atoms with Crippen LogP contribution in [0.15, 0.2) is 52.7 Å². The molecule has 0 aromatic heterocycles. The molecule has 126 valence electrons. The van der Waals surface area contributed by atoms with Gasteiger partial charge >= 0.3 is 5.97 Å². The van der Waals surface area contributed by atoms with E-state index in [1.54, 1.807) is 6.20 Å². The number of aryl methyl sites for hydroxylation is 1. The zero-order valence-corrected chi connectivity index (χ0v) is 14.5. The Morgan fingerprint density at radius 2 is 2.00 bits per heavy atom. The molecule has 3 heteroatoms. The van der Waals surface area contributed by atoms with Crippen LogP contribution in [0.25, 0.3) is 0 Å². The third-order valence-electron chi connectivity index (χ3n) is 4.74. The van der Waals surface area contributed by atoms with E-state index in [0.29, 0.717) is 5.75 Å². The summed E-state index contributed by atoms with van der Waals surface area (Å²) in [4.78, 5) is 16.8. The third kappa shape index (κ3) is 3.66. The number of allylic oxidation sites excluding steroid dienone is 2. The molecular formula is C21H25NO2. The van der Waals surface area contributed by atoms with Gasteiger partial charge in [0.05, 0.1) is 0 Å². The fourth-order valence-electron chi connectivity index (χ4n) is 3.39. The van der Waals surface area contributed by atoms with Crippen LogP contribution in [0, 0.1) is 5.92 Å². The number of hydrogen-bond donors (Lipinski definition) is 0. The lowest BCUT2D eigenvalue weighted by Gasteiger charge is -2.10. The maximum absolute atomic E-state index is 12.5. The van der Waals surface area contributed by atoms with Gasteiger partial charge < -0.3 is 4.74 Å². The molecule has 24 heavy (non-hydrogen) atoms. The summed E-state index contributed by atoms with van der Waals surface area (Å²) in [6.07, 6.45) is 10.6. The smallest absolute Gasteiger partial charge is 0.340 e. The van der Waals surface area contributed by atoms with Gasteiger partial charge in [0.25, 0.3) is 0 Å². The summed E-state index contributed by atoms with van der Waals surface area (Å²) in [6.45, 7) is 4.28. The van der Waals surface area contributed by atoms with Crippen molar-refractivity contribution in [1.82, 2.24) is 0 Å². The van der Waals surface area contributed by atoms with Crippen molar-refractivity contribution in [2.75, 3.05) is 0 Å². The minimum absolute atomic E-state index is 0.175. The number of unbranched alkanes of at least 4 members (excludes halogenated alkanes) is 3. The van der Waals surface area contributed by atoms with Gasteiger partial charge in [0.1, 0.15) is 5.75 Å². The Morgan fingerprint density at radius 1 is 1.21 bits per heavy atom. The molecule has 1 unspecified atom stereocenters. The molecule has 0 N–H and O–H groups in total. The summed E-state index contributed by atoms with van der Waals surface area (Å²) in [7, 11) is 0. The molecule has 1 heterocycles. The first kappa shape index (κ1) is 16.7. The SMILES string of the molecule is CCCCCCc1ccc(OC(=O)C2=C3C=CN=C3CC2C)cc1. The van der Waals surface area contributed by atoms with Crippen molar-refractivity contribution in [3.63, 3.8) is 0 Å². The van der Waals surface area contributed by atoms with Gasteiger partial charge in [-0.2, -0.15) is 0 Å². The quantitative estimate of drug-likeness (QED) is 0.401. The van der Waals surface area contributed by atoms with Crippen molar-refractivity contribution in [3.8, 4) is 5.75 Å². The van der Waals surface area contributed by atoms with Crippen molar-refractivity contribution >= 4 is 11.7 Å². The Hall–Kier alpha value is -2.16. The Balaban J connectivity index is 1.60. The highest BCUT2D eigenvalue weighted by Gasteiger charge is 2.33. The van der Waals surface area contributed by atoms with E-state index >= 15 is 0 Å². The summed E-state index contributed by atoms with van der Waals surface area (Å²) >= 11 is 0. The van der Waals surface area contributed by atoms with Crippen molar-refractivity contribution in [2.45, 2.75) is 52.4 Å². The van der Waals surface area contributed by atoms with Crippen LogP contribution in [0.5, 0.6) is 5.75 Å². The molecule has 0 saturated carbocycles. The predicted octanol–water partition coefficient (Wildman–Crippen LogP) is 5.02. The standard InChI is InChI=1S/C21H25NO2/c1-3-4-5-6-7-16-8-10-17(11-9-16)24-21(23)20-15(2)14-19-18(20)12-13-22-19/h8-13,15H,3-7,14H2,1-2H3. The normalized spacial score (nSPS) is 18.8. The van der Waals surface area contributed by atoms with Gasteiger partial charge in [-0.15, -0.1) is 0 Å². The van der Waals surface area contributed by atoms with Crippen LogP contribution in [-0.2, 0) is 11.2 Å². The predicted molar refractivity (Wildman–Crippen MR) is 97.3 cm³/mol. The van der Waals surface area contributed by atoms with Gasteiger partial charge in [0.15, 0.2) is 0 Å². The van der Waals surface area contributed by atoms with Crippen LogP contribution in [0.3, 0.4) is 0 Å². The molecule has 1 aromatic rings. The minimum Gasteiger partial charge on any atom is -0.423 e. The number of ether oxygens (including phenoxy) is 1. The van der Waals surface area contributed by atoms with E-state index in [1.807, 2.05) is 18.2 Å². The lowest BCUT2D eigenvalue weighted by atomic mass is 10.0. The van der Waals surface area contributed by atoms with Crippen LogP contribution in [0.4, 0.5) is 0 Å². The summed E-state index contributed by atoms with van der Waals surface area (Å²) in [6, 6.07) is 7.92. The van der Waals surface area contributed by atoms with Crippen molar-refractivity contribution in [3.05, 3.63) is 53.3 Å². The minimum atomic E-state index is -0.245. The van der Waals surface area contributed by atoms with E-state index < -0.39 is 0 Å². The van der Waals surface area contributed by atoms with Gasteiger partial charge in [-0.05, 0) is 49.0 Å². The van der Waals surface area contributed by atoms with E-state index in [9.17, 15) is 4.79 Å². The number of carbonyl (C=O) groups excluding carboxylic acids is 1. The molecule has 0 bridgehead atoms. The Kier molecular flexibility index (Phi) is 5.29. The van der Waals surface area contributed by atoms with Gasteiger partial charge in [0, 0.05) is 23.1 Å². The molecule has 1 aromatic carbocycles. The molecule has 0 amide bonds. The summed E-state index contributed by atoms with van der Waals surface area (Å²) < 4.78 is 5.59. The first-order valence-corrected chi connectivity index (χ1v) is 8.98. The molecular weight excluding hydrogens is 298 g/mol. The second-order valence-corrected chi connectivity index (χ2v) is 6.67. The highest BCUT2D eigenvalue weighted by molar-refractivity contribution is 6.14. The number of fused-ring (bicyclic) bond motifs is 1. The summed E-state index contributed by atoms with van der Waals surface area (Å²) in [5, 5.41) is 0. The molecule has 1 aliphatic heterocycles. The number of aliphatic imine (C=N–C) groups is 1. The van der Waals surface area contributed by atoms with Gasteiger partial charge in [-0.1, -0.05) is 45.2 Å². The molecule has 3 rings (SSSR count). The van der Waals surface area contributed by atoms with E-state index in [0.717, 1.165) is 29.7 Å². The second-order valence-electron chi connectivity index (χ2n) is 6.67. The van der Waals surface area contributed by atoms with Crippen molar-refractivity contribution in [2.24, 2.45) is 10.9 Å². The molecule has 0 radical (unpaired) electrons. The fourth-order valence-corrected chi connectivity index (χ4v) is 3.39. The van der Waals surface area contributed by atoms with Crippen molar-refractivity contribution in [1.29, 1.82) is 0 Å². The Bertz CT molecular complexity index is 695. The van der Waals surface area contributed by atoms with Gasteiger partial charge in [-0.3, -0.25) is 4.99 Å². The van der Waals surface area contributed by atoms with Gasteiger partial charge in [0.2, 0.25) is 0 Å². The highest BCUT2D eigenvalue weighted by atomic mass is 16.5. The molecule has 1 aliphatic carbocycles. The number of rotatable bonds is 7. The number of esters is 1. The van der Waals surface area contributed by atoms with E-state index in [-0.39, 0.29) is 11.9 Å². The van der Waals surface area contributed by atoms with E-state index in [4.69, 9.17) is 4.74 Å². The van der Waals surface area contributed by atoms with Crippen LogP contribution in [0.1, 0.15) is 51.5 Å². The molecule has 2 aliphatic rings. The molecule has 0 fully saturated rings. The fraction of sp³-hybridized carbons (Fsp3) is 0.429. The Morgan fingerprint density at radius 3 is 2.75 bits per heavy atom. The zero-order valence-electron chi connectivity index (χ0n) is 14.5. The maximum atomic E-state index is 12.5. The van der Waals surface area contributed by atoms with Crippen molar-refractivity contribution < 1.29 is 9.53 Å². The molecule has 3 nitrogen and oxygen atoms in total. The van der Waals surface area contributed by atoms with Crippen LogP contribution < -0.4 is 4.74 Å². The molecule has 0 spiro atoms. The monoisotopic (exact) mass is 323 g/mol. The molecule has 1 atom stereocenters. The zero-order chi connectivity index (χ0) is 16.9. The summed E-state index contributed by atoms with van der Waals surface area (Å²) in [5.41, 5.74) is 4.03. The molecule has 0 saturated heterocycles. The number of carbonyl (C=O) groups is 1. The van der Waals surface area contributed by atoms with Crippen LogP contribution in [-0.4, -0.2) is 11.7 Å². The highest BCUT2D eigenvalue weighted by Crippen LogP contribution is 2.34. The average Bonchev–Trinajstić information content (AvgIpc) is 3.12. The lowest BCUT2D eigenvalue weighted by molar-refractivity contribution is -0.130.